The number of esters is 1. The molecule has 4 atom stereocenters. The molecule has 0 aromatic heterocycles. The average Bonchev–Trinajstić information content (AvgIpc) is 3.16. The normalized spacial score (nSPS) is 26.4. The van der Waals surface area contributed by atoms with Crippen LogP contribution in [0, 0.1) is 22.0 Å². The van der Waals surface area contributed by atoms with Crippen molar-refractivity contribution in [3.8, 4) is 0 Å². The maximum atomic E-state index is 14.0. The minimum Gasteiger partial charge on any atom is -0.458 e. The number of hydrogen-bond donors (Lipinski definition) is 0. The molecule has 3 rings (SSSR count). The lowest BCUT2D eigenvalue weighted by atomic mass is 9.79. The number of rotatable bonds is 6. The summed E-state index contributed by atoms with van der Waals surface area (Å²) in [6.45, 7) is 8.74. The summed E-state index contributed by atoms with van der Waals surface area (Å²) in [6.07, 6.45) is 4.38. The fourth-order valence-corrected chi connectivity index (χ4v) is 5.53. The molecule has 1 saturated carbocycles. The highest BCUT2D eigenvalue weighted by atomic mass is 16.6. The molecule has 0 bridgehead atoms. The molecule has 0 radical (unpaired) electrons. The van der Waals surface area contributed by atoms with E-state index in [2.05, 4.69) is 0 Å². The first-order valence-electron chi connectivity index (χ1n) is 12.2. The summed E-state index contributed by atoms with van der Waals surface area (Å²) in [4.78, 5) is 41.5. The number of benzene rings is 1. The van der Waals surface area contributed by atoms with Crippen molar-refractivity contribution < 1.29 is 24.0 Å². The van der Waals surface area contributed by atoms with E-state index in [-0.39, 0.29) is 16.7 Å². The van der Waals surface area contributed by atoms with Gasteiger partial charge in [0.2, 0.25) is 11.9 Å². The van der Waals surface area contributed by atoms with Crippen LogP contribution in [0.1, 0.15) is 78.3 Å². The number of amides is 1. The molecule has 1 aliphatic heterocycles. The van der Waals surface area contributed by atoms with Gasteiger partial charge in [-0.1, -0.05) is 49.6 Å². The van der Waals surface area contributed by atoms with Crippen LogP contribution >= 0.6 is 0 Å². The molecular weight excluding hydrogens is 436 g/mol. The zero-order valence-electron chi connectivity index (χ0n) is 21.2. The van der Waals surface area contributed by atoms with Gasteiger partial charge in [0.25, 0.3) is 0 Å². The van der Waals surface area contributed by atoms with E-state index in [4.69, 9.17) is 9.47 Å². The molecule has 1 aliphatic carbocycles. The summed E-state index contributed by atoms with van der Waals surface area (Å²) in [5.74, 6) is -2.00. The van der Waals surface area contributed by atoms with Crippen molar-refractivity contribution in [2.45, 2.75) is 96.1 Å². The first kappa shape index (κ1) is 26.1. The third-order valence-electron chi connectivity index (χ3n) is 7.20. The van der Waals surface area contributed by atoms with Crippen LogP contribution in [0.4, 0.5) is 0 Å². The Labute approximate surface area is 202 Å². The van der Waals surface area contributed by atoms with Gasteiger partial charge in [0, 0.05) is 18.0 Å². The molecule has 0 N–H and O–H groups in total. The Balaban J connectivity index is 2.22. The summed E-state index contributed by atoms with van der Waals surface area (Å²) in [6, 6.07) is 5.73. The third kappa shape index (κ3) is 5.27. The monoisotopic (exact) mass is 474 g/mol. The lowest BCUT2D eigenvalue weighted by Crippen LogP contribution is -2.54. The van der Waals surface area contributed by atoms with Gasteiger partial charge in [0.1, 0.15) is 17.7 Å². The summed E-state index contributed by atoms with van der Waals surface area (Å²) in [7, 11) is 1.48. The van der Waals surface area contributed by atoms with Crippen LogP contribution in [0.3, 0.4) is 0 Å². The van der Waals surface area contributed by atoms with E-state index in [1.165, 1.54) is 12.0 Å². The van der Waals surface area contributed by atoms with E-state index in [1.807, 2.05) is 6.07 Å². The van der Waals surface area contributed by atoms with E-state index < -0.39 is 41.2 Å². The van der Waals surface area contributed by atoms with Crippen molar-refractivity contribution in [3.05, 3.63) is 46.0 Å². The minimum atomic E-state index is -1.23. The first-order chi connectivity index (χ1) is 15.9. The highest BCUT2D eigenvalue weighted by Crippen LogP contribution is 2.49. The Kier molecular flexibility index (Phi) is 7.70. The molecule has 1 amide bonds. The Bertz CT molecular complexity index is 888. The van der Waals surface area contributed by atoms with Gasteiger partial charge in [-0.2, -0.15) is 0 Å². The Morgan fingerprint density at radius 1 is 1.03 bits per heavy atom. The molecule has 1 aromatic rings. The van der Waals surface area contributed by atoms with Crippen LogP contribution in [-0.4, -0.2) is 52.1 Å². The number of methoxy groups -OCH3 is 1. The van der Waals surface area contributed by atoms with Crippen molar-refractivity contribution in [1.82, 2.24) is 4.90 Å². The number of hydrogen-bond acceptors (Lipinski definition) is 6. The molecule has 1 heterocycles. The topological polar surface area (TPSA) is 99.0 Å². The molecule has 8 heteroatoms. The van der Waals surface area contributed by atoms with Crippen molar-refractivity contribution in [3.63, 3.8) is 0 Å². The zero-order chi connectivity index (χ0) is 25.3. The van der Waals surface area contributed by atoms with Gasteiger partial charge in [0.15, 0.2) is 0 Å². The van der Waals surface area contributed by atoms with Gasteiger partial charge in [-0.25, -0.2) is 4.79 Å². The quantitative estimate of drug-likeness (QED) is 0.341. The van der Waals surface area contributed by atoms with Crippen LogP contribution in [-0.2, 0) is 19.1 Å². The Hall–Kier alpha value is -2.48. The number of carbonyl (C=O) groups is 2. The lowest BCUT2D eigenvalue weighted by molar-refractivity contribution is -0.537. The average molecular weight is 475 g/mol. The van der Waals surface area contributed by atoms with Gasteiger partial charge in [-0.15, -0.1) is 0 Å². The van der Waals surface area contributed by atoms with Crippen LogP contribution in [0.15, 0.2) is 30.3 Å². The molecule has 8 nitrogen and oxygen atoms in total. The fraction of sp³-hybridized carbons (Fsp3) is 0.692. The maximum Gasteiger partial charge on any atom is 0.330 e. The largest absolute Gasteiger partial charge is 0.458 e. The molecule has 2 aliphatic rings. The second-order valence-corrected chi connectivity index (χ2v) is 11.0. The Morgan fingerprint density at radius 2 is 1.62 bits per heavy atom. The number of likely N-dealkylation sites (tertiary alicyclic amines) is 1. The molecule has 2 fully saturated rings. The van der Waals surface area contributed by atoms with Gasteiger partial charge >= 0.3 is 5.97 Å². The van der Waals surface area contributed by atoms with Crippen molar-refractivity contribution in [2.75, 3.05) is 7.11 Å². The van der Waals surface area contributed by atoms with E-state index in [0.29, 0.717) is 5.56 Å². The van der Waals surface area contributed by atoms with E-state index >= 15 is 0 Å². The van der Waals surface area contributed by atoms with Gasteiger partial charge in [-0.05, 0) is 53.0 Å². The van der Waals surface area contributed by atoms with Crippen molar-refractivity contribution in [1.29, 1.82) is 0 Å². The van der Waals surface area contributed by atoms with Gasteiger partial charge in [-0.3, -0.25) is 14.9 Å². The van der Waals surface area contributed by atoms with Crippen LogP contribution in [0.5, 0.6) is 0 Å². The predicted octanol–water partition coefficient (Wildman–Crippen LogP) is 4.55. The number of nitrogens with zero attached hydrogens (tertiary/aromatic N) is 2. The second-order valence-electron chi connectivity index (χ2n) is 11.0. The highest BCUT2D eigenvalue weighted by Gasteiger charge is 2.66. The number of nitro groups is 1. The molecular formula is C26H38N2O6. The lowest BCUT2D eigenvalue weighted by Gasteiger charge is -2.37. The van der Waals surface area contributed by atoms with Crippen molar-refractivity contribution >= 4 is 11.9 Å². The van der Waals surface area contributed by atoms with E-state index in [0.717, 1.165) is 32.1 Å². The number of carbonyl (C=O) groups excluding carboxylic acids is 2. The molecule has 1 aromatic carbocycles. The van der Waals surface area contributed by atoms with Crippen LogP contribution in [0.2, 0.25) is 0 Å². The highest BCUT2D eigenvalue weighted by molar-refractivity contribution is 5.88. The third-order valence-corrected chi connectivity index (χ3v) is 7.20. The summed E-state index contributed by atoms with van der Waals surface area (Å²) >= 11 is 0. The second kappa shape index (κ2) is 10.0. The predicted molar refractivity (Wildman–Crippen MR) is 128 cm³/mol. The maximum absolute atomic E-state index is 14.0. The summed E-state index contributed by atoms with van der Waals surface area (Å²) in [5, 5.41) is 12.6. The van der Waals surface area contributed by atoms with E-state index in [1.54, 1.807) is 58.9 Å². The summed E-state index contributed by atoms with van der Waals surface area (Å²) < 4.78 is 11.5. The minimum absolute atomic E-state index is 0.203. The molecule has 34 heavy (non-hydrogen) atoms. The first-order valence-corrected chi connectivity index (χ1v) is 12.2. The smallest absolute Gasteiger partial charge is 0.330 e. The SMILES string of the molecule is COC(C)(C)[C@H]1[C@H]([N+](=O)[O-])[C@H](c2ccccc2)N(C(=O)C2CCCCC2)[C@@H]1C(=O)OC(C)(C)C. The van der Waals surface area contributed by atoms with Crippen molar-refractivity contribution in [2.24, 2.45) is 11.8 Å². The zero-order valence-corrected chi connectivity index (χ0v) is 21.2. The summed E-state index contributed by atoms with van der Waals surface area (Å²) in [5.41, 5.74) is -1.24. The number of ether oxygens (including phenoxy) is 2. The molecule has 1 saturated heterocycles. The molecule has 188 valence electrons. The standard InChI is InChI=1S/C26H38N2O6/c1-25(2,3)34-24(30)22-19(26(4,5)33-6)21(28(31)32)20(17-13-9-7-10-14-17)27(22)23(29)18-15-11-8-12-16-18/h7,9-10,13-14,18-22H,8,11-12,15-16H2,1-6H3/t19-,20-,21-,22-/m0/s1. The van der Waals surface area contributed by atoms with Gasteiger partial charge < -0.3 is 14.4 Å². The fourth-order valence-electron chi connectivity index (χ4n) is 5.53. The molecule has 0 unspecified atom stereocenters. The van der Waals surface area contributed by atoms with Crippen LogP contribution < -0.4 is 0 Å². The van der Waals surface area contributed by atoms with E-state index in [9.17, 15) is 19.7 Å². The van der Waals surface area contributed by atoms with Gasteiger partial charge in [0.05, 0.1) is 11.5 Å². The Morgan fingerprint density at radius 3 is 2.12 bits per heavy atom. The molecule has 0 spiro atoms. The van der Waals surface area contributed by atoms with Crippen LogP contribution in [0.25, 0.3) is 0 Å².